The van der Waals surface area contributed by atoms with E-state index in [2.05, 4.69) is 0 Å². The number of aliphatic hydroxyl groups excluding tert-OH is 1. The van der Waals surface area contributed by atoms with E-state index in [1.807, 2.05) is 0 Å². The van der Waals surface area contributed by atoms with Gasteiger partial charge in [-0.05, 0) is 6.07 Å². The number of non-ortho nitro benzene ring substituents is 1. The summed E-state index contributed by atoms with van der Waals surface area (Å²) in [5.74, 6) is 0.323. The van der Waals surface area contributed by atoms with E-state index in [-0.39, 0.29) is 18.0 Å². The molecule has 0 saturated heterocycles. The number of phenolic OH excluding ortho intramolecular Hbond substituents is 1. The number of phenols is 1. The summed E-state index contributed by atoms with van der Waals surface area (Å²) in [6.07, 6.45) is 0. The molecule has 0 spiro atoms. The minimum atomic E-state index is -0.569. The van der Waals surface area contributed by atoms with Crippen molar-refractivity contribution in [2.45, 2.75) is 4.90 Å². The largest absolute Gasteiger partial charge is 0.507 e. The third kappa shape index (κ3) is 2.61. The molecule has 0 aliphatic carbocycles. The molecule has 6 heteroatoms. The lowest BCUT2D eigenvalue weighted by atomic mass is 10.3. The molecule has 0 aliphatic heterocycles. The zero-order chi connectivity index (χ0) is 10.6. The van der Waals surface area contributed by atoms with Crippen LogP contribution in [0.15, 0.2) is 23.1 Å². The number of aliphatic hydroxyl groups is 1. The van der Waals surface area contributed by atoms with Crippen LogP contribution in [-0.4, -0.2) is 27.5 Å². The highest BCUT2D eigenvalue weighted by Gasteiger charge is 2.09. The highest BCUT2D eigenvalue weighted by molar-refractivity contribution is 7.99. The predicted molar refractivity (Wildman–Crippen MR) is 52.6 cm³/mol. The topological polar surface area (TPSA) is 83.6 Å². The first-order valence-electron chi connectivity index (χ1n) is 3.86. The molecule has 0 aromatic heterocycles. The van der Waals surface area contributed by atoms with Crippen LogP contribution in [0.2, 0.25) is 0 Å². The number of rotatable bonds is 4. The first-order valence-corrected chi connectivity index (χ1v) is 4.85. The first kappa shape index (κ1) is 10.8. The monoisotopic (exact) mass is 215 g/mol. The molecule has 1 rings (SSSR count). The molecule has 0 heterocycles. The Bertz CT molecular complexity index is 342. The summed E-state index contributed by atoms with van der Waals surface area (Å²) < 4.78 is 0. The van der Waals surface area contributed by atoms with Gasteiger partial charge >= 0.3 is 0 Å². The minimum Gasteiger partial charge on any atom is -0.507 e. The van der Waals surface area contributed by atoms with Crippen LogP contribution in [0.1, 0.15) is 0 Å². The fraction of sp³-hybridized carbons (Fsp3) is 0.250. The summed E-state index contributed by atoms with van der Waals surface area (Å²) in [5.41, 5.74) is -0.143. The average Bonchev–Trinajstić information content (AvgIpc) is 2.15. The van der Waals surface area contributed by atoms with E-state index in [0.717, 1.165) is 6.07 Å². The van der Waals surface area contributed by atoms with Crippen LogP contribution in [0.5, 0.6) is 5.75 Å². The third-order valence-corrected chi connectivity index (χ3v) is 2.55. The quantitative estimate of drug-likeness (QED) is 0.450. The van der Waals surface area contributed by atoms with Gasteiger partial charge in [0.1, 0.15) is 5.75 Å². The second-order valence-electron chi connectivity index (χ2n) is 2.48. The fourth-order valence-electron chi connectivity index (χ4n) is 0.897. The van der Waals surface area contributed by atoms with Crippen LogP contribution in [0.4, 0.5) is 5.69 Å². The SMILES string of the molecule is O=[N+]([O-])c1ccc(SCCO)c(O)c1. The Kier molecular flexibility index (Phi) is 3.73. The van der Waals surface area contributed by atoms with Crippen molar-refractivity contribution < 1.29 is 15.1 Å². The van der Waals surface area contributed by atoms with Crippen molar-refractivity contribution in [3.05, 3.63) is 28.3 Å². The molecule has 0 saturated carbocycles. The minimum absolute atomic E-state index is 0.00109. The highest BCUT2D eigenvalue weighted by atomic mass is 32.2. The molecule has 0 radical (unpaired) electrons. The van der Waals surface area contributed by atoms with Crippen molar-refractivity contribution >= 4 is 17.4 Å². The third-order valence-electron chi connectivity index (χ3n) is 1.50. The van der Waals surface area contributed by atoms with Gasteiger partial charge < -0.3 is 10.2 Å². The summed E-state index contributed by atoms with van der Waals surface area (Å²) >= 11 is 1.24. The standard InChI is InChI=1S/C8H9NO4S/c10-3-4-14-8-2-1-6(9(12)13)5-7(8)11/h1-2,5,10-11H,3-4H2. The van der Waals surface area contributed by atoms with Crippen LogP contribution in [0.3, 0.4) is 0 Å². The molecule has 1 aromatic carbocycles. The Morgan fingerprint density at radius 3 is 2.71 bits per heavy atom. The number of aromatic hydroxyl groups is 1. The van der Waals surface area contributed by atoms with E-state index in [9.17, 15) is 15.2 Å². The van der Waals surface area contributed by atoms with Gasteiger partial charge in [-0.1, -0.05) is 0 Å². The summed E-state index contributed by atoms with van der Waals surface area (Å²) in [6, 6.07) is 3.88. The number of thioether (sulfide) groups is 1. The van der Waals surface area contributed by atoms with Crippen molar-refractivity contribution in [1.29, 1.82) is 0 Å². The molecule has 0 fully saturated rings. The van der Waals surface area contributed by atoms with E-state index in [0.29, 0.717) is 10.6 Å². The molecule has 0 amide bonds. The smallest absolute Gasteiger partial charge is 0.273 e. The van der Waals surface area contributed by atoms with Gasteiger partial charge in [-0.2, -0.15) is 0 Å². The zero-order valence-electron chi connectivity index (χ0n) is 7.21. The summed E-state index contributed by atoms with van der Waals surface area (Å²) in [5, 5.41) is 28.2. The van der Waals surface area contributed by atoms with Gasteiger partial charge in [0.25, 0.3) is 5.69 Å². The summed E-state index contributed by atoms with van der Waals surface area (Å²) in [7, 11) is 0. The van der Waals surface area contributed by atoms with Crippen molar-refractivity contribution in [2.75, 3.05) is 12.4 Å². The van der Waals surface area contributed by atoms with Gasteiger partial charge in [0, 0.05) is 16.7 Å². The number of hydrogen-bond acceptors (Lipinski definition) is 5. The van der Waals surface area contributed by atoms with Gasteiger partial charge in [0.05, 0.1) is 17.6 Å². The lowest BCUT2D eigenvalue weighted by Crippen LogP contribution is -1.89. The number of hydrogen-bond donors (Lipinski definition) is 2. The van der Waals surface area contributed by atoms with E-state index < -0.39 is 4.92 Å². The van der Waals surface area contributed by atoms with Gasteiger partial charge in [-0.15, -0.1) is 11.8 Å². The van der Waals surface area contributed by atoms with Crippen molar-refractivity contribution in [3.8, 4) is 5.75 Å². The molecule has 0 unspecified atom stereocenters. The maximum Gasteiger partial charge on any atom is 0.273 e. The fourth-order valence-corrected chi connectivity index (χ4v) is 1.58. The molecule has 2 N–H and O–H groups in total. The molecule has 5 nitrogen and oxygen atoms in total. The molecule has 1 aromatic rings. The Labute approximate surface area is 84.5 Å². The second-order valence-corrected chi connectivity index (χ2v) is 3.62. The Morgan fingerprint density at radius 2 is 2.21 bits per heavy atom. The van der Waals surface area contributed by atoms with E-state index >= 15 is 0 Å². The summed E-state index contributed by atoms with van der Waals surface area (Å²) in [4.78, 5) is 10.3. The van der Waals surface area contributed by atoms with Crippen LogP contribution in [0.25, 0.3) is 0 Å². The number of benzene rings is 1. The lowest BCUT2D eigenvalue weighted by Gasteiger charge is -2.01. The molecule has 0 aliphatic rings. The van der Waals surface area contributed by atoms with Crippen LogP contribution in [0, 0.1) is 10.1 Å². The molecule has 76 valence electrons. The van der Waals surface area contributed by atoms with Gasteiger partial charge in [-0.25, -0.2) is 0 Å². The molecule has 14 heavy (non-hydrogen) atoms. The maximum absolute atomic E-state index is 10.3. The molecule has 0 bridgehead atoms. The second kappa shape index (κ2) is 4.83. The van der Waals surface area contributed by atoms with E-state index in [1.165, 1.54) is 23.9 Å². The van der Waals surface area contributed by atoms with Gasteiger partial charge in [0.15, 0.2) is 0 Å². The highest BCUT2D eigenvalue weighted by Crippen LogP contribution is 2.31. The zero-order valence-corrected chi connectivity index (χ0v) is 8.03. The molecular formula is C8H9NO4S. The molecule has 0 atom stereocenters. The van der Waals surface area contributed by atoms with Crippen molar-refractivity contribution in [2.24, 2.45) is 0 Å². The molecular weight excluding hydrogens is 206 g/mol. The van der Waals surface area contributed by atoms with Crippen molar-refractivity contribution in [3.63, 3.8) is 0 Å². The summed E-state index contributed by atoms with van der Waals surface area (Å²) in [6.45, 7) is 0.00109. The van der Waals surface area contributed by atoms with E-state index in [4.69, 9.17) is 5.11 Å². The first-order chi connectivity index (χ1) is 6.65. The Morgan fingerprint density at radius 1 is 1.50 bits per heavy atom. The van der Waals surface area contributed by atoms with E-state index in [1.54, 1.807) is 0 Å². The number of nitro groups is 1. The van der Waals surface area contributed by atoms with Crippen LogP contribution in [-0.2, 0) is 0 Å². The van der Waals surface area contributed by atoms with Gasteiger partial charge in [0.2, 0.25) is 0 Å². The Hall–Kier alpha value is -1.27. The van der Waals surface area contributed by atoms with Crippen LogP contribution >= 0.6 is 11.8 Å². The normalized spacial score (nSPS) is 10.1. The van der Waals surface area contributed by atoms with Crippen molar-refractivity contribution in [1.82, 2.24) is 0 Å². The number of nitro benzene ring substituents is 1. The van der Waals surface area contributed by atoms with Gasteiger partial charge in [-0.3, -0.25) is 10.1 Å². The Balaban J connectivity index is 2.84. The van der Waals surface area contributed by atoms with Crippen LogP contribution < -0.4 is 0 Å². The lowest BCUT2D eigenvalue weighted by molar-refractivity contribution is -0.385. The number of nitrogens with zero attached hydrogens (tertiary/aromatic N) is 1. The average molecular weight is 215 g/mol. The maximum atomic E-state index is 10.3. The predicted octanol–water partition coefficient (Wildman–Crippen LogP) is 1.38.